The van der Waals surface area contributed by atoms with Crippen LogP contribution in [-0.4, -0.2) is 0 Å². The van der Waals surface area contributed by atoms with Gasteiger partial charge in [-0.15, -0.1) is 0 Å². The molecule has 0 aliphatic heterocycles. The number of rotatable bonds is 0. The van der Waals surface area contributed by atoms with E-state index in [-0.39, 0.29) is 0 Å². The lowest BCUT2D eigenvalue weighted by molar-refractivity contribution is 1.40. The van der Waals surface area contributed by atoms with Crippen molar-refractivity contribution < 1.29 is 0 Å². The van der Waals surface area contributed by atoms with Crippen molar-refractivity contribution in [2.24, 2.45) is 0 Å². The van der Waals surface area contributed by atoms with Gasteiger partial charge in [0.1, 0.15) is 0 Å². The third-order valence-electron chi connectivity index (χ3n) is 1.04. The van der Waals surface area contributed by atoms with E-state index in [1.165, 1.54) is 0 Å². The van der Waals surface area contributed by atoms with Crippen LogP contribution in [-0.2, 0) is 0 Å². The van der Waals surface area contributed by atoms with E-state index in [0.717, 1.165) is 6.42 Å². The van der Waals surface area contributed by atoms with Gasteiger partial charge in [0.15, 0.2) is 0 Å². The molecule has 0 amide bonds. The quantitative estimate of drug-likeness (QED) is 0.457. The molecule has 0 spiro atoms. The topological polar surface area (TPSA) is 0 Å². The maximum atomic E-state index is 2.98. The Morgan fingerprint density at radius 3 is 2.89 bits per heavy atom. The van der Waals surface area contributed by atoms with E-state index in [0.29, 0.717) is 0 Å². The molecular weight excluding hydrogens is 108 g/mol. The van der Waals surface area contributed by atoms with Gasteiger partial charge in [-0.2, -0.15) is 0 Å². The molecule has 0 fully saturated rings. The summed E-state index contributed by atoms with van der Waals surface area (Å²) >= 11 is 0. The fourth-order valence-electron chi connectivity index (χ4n) is 0.605. The molecule has 0 saturated carbocycles. The second-order valence-electron chi connectivity index (χ2n) is 1.78. The van der Waals surface area contributed by atoms with Crippen LogP contribution in [0.15, 0.2) is 42.5 Å². The van der Waals surface area contributed by atoms with E-state index in [1.54, 1.807) is 0 Å². The van der Waals surface area contributed by atoms with E-state index in [9.17, 15) is 0 Å². The highest BCUT2D eigenvalue weighted by atomic mass is 13.8. The first-order valence-corrected chi connectivity index (χ1v) is 3.06. The highest BCUT2D eigenvalue weighted by Crippen LogP contribution is 1.90. The zero-order chi connectivity index (χ0) is 6.36. The van der Waals surface area contributed by atoms with Crippen LogP contribution in [0.2, 0.25) is 0 Å². The molecule has 0 aromatic carbocycles. The molecule has 1 aliphatic rings. The van der Waals surface area contributed by atoms with Crippen LogP contribution < -0.4 is 0 Å². The Balaban J connectivity index is 2.60. The molecule has 0 N–H and O–H groups in total. The summed E-state index contributed by atoms with van der Waals surface area (Å²) in [6, 6.07) is 0. The second kappa shape index (κ2) is 3.90. The van der Waals surface area contributed by atoms with Crippen LogP contribution in [0.3, 0.4) is 0 Å². The third-order valence-corrected chi connectivity index (χ3v) is 1.04. The molecule has 0 aromatic rings. The van der Waals surface area contributed by atoms with E-state index < -0.39 is 0 Å². The second-order valence-corrected chi connectivity index (χ2v) is 1.78. The minimum Gasteiger partial charge on any atom is -0.0807 e. The number of hydrogen-bond donors (Lipinski definition) is 0. The maximum Gasteiger partial charge on any atom is -0.0163 e. The lowest BCUT2D eigenvalue weighted by atomic mass is 10.3. The van der Waals surface area contributed by atoms with Gasteiger partial charge in [-0.25, -0.2) is 0 Å². The molecular formula is C9H9. The Kier molecular flexibility index (Phi) is 2.64. The van der Waals surface area contributed by atoms with E-state index in [1.807, 2.05) is 30.4 Å². The first-order valence-electron chi connectivity index (χ1n) is 3.06. The first-order chi connectivity index (χ1) is 4.50. The fraction of sp³-hybridized carbons (Fsp3) is 0.111. The van der Waals surface area contributed by atoms with Crippen LogP contribution in [0.1, 0.15) is 6.42 Å². The Hall–Kier alpha value is -1.04. The SMILES string of the molecule is [C]1=C/C=C\C/C=C\C=C/1. The molecule has 0 saturated heterocycles. The average molecular weight is 117 g/mol. The van der Waals surface area contributed by atoms with Crippen LogP contribution in [0, 0.1) is 6.08 Å². The Labute approximate surface area is 55.9 Å². The Morgan fingerprint density at radius 2 is 1.89 bits per heavy atom. The predicted molar refractivity (Wildman–Crippen MR) is 39.9 cm³/mol. The summed E-state index contributed by atoms with van der Waals surface area (Å²) in [5.41, 5.74) is 0. The van der Waals surface area contributed by atoms with E-state index in [4.69, 9.17) is 0 Å². The van der Waals surface area contributed by atoms with Crippen molar-refractivity contribution >= 4 is 0 Å². The van der Waals surface area contributed by atoms with E-state index >= 15 is 0 Å². The van der Waals surface area contributed by atoms with Crippen molar-refractivity contribution in [2.45, 2.75) is 6.42 Å². The third kappa shape index (κ3) is 2.70. The van der Waals surface area contributed by atoms with Gasteiger partial charge in [0, 0.05) is 0 Å². The van der Waals surface area contributed by atoms with Gasteiger partial charge in [-0.05, 0) is 12.5 Å². The molecule has 0 nitrogen and oxygen atoms in total. The zero-order valence-corrected chi connectivity index (χ0v) is 5.25. The van der Waals surface area contributed by atoms with E-state index in [2.05, 4.69) is 18.2 Å². The lowest BCUT2D eigenvalue weighted by Gasteiger charge is -1.74. The van der Waals surface area contributed by atoms with Gasteiger partial charge < -0.3 is 0 Å². The summed E-state index contributed by atoms with van der Waals surface area (Å²) in [5, 5.41) is 0. The minimum atomic E-state index is 1.02. The monoisotopic (exact) mass is 117 g/mol. The molecule has 45 valence electrons. The smallest absolute Gasteiger partial charge is 0.0163 e. The molecule has 0 atom stereocenters. The maximum absolute atomic E-state index is 2.98. The highest BCUT2D eigenvalue weighted by Gasteiger charge is 1.70. The zero-order valence-electron chi connectivity index (χ0n) is 5.25. The standard InChI is InChI=1S/C9H9/c1-2-4-6-8-9-7-5-3-1/h1-4,7-9H,5H2/b3-1-,4-2-,8-6?,9-7-. The van der Waals surface area contributed by atoms with Crippen molar-refractivity contribution in [1.29, 1.82) is 0 Å². The van der Waals surface area contributed by atoms with Gasteiger partial charge in [-0.1, -0.05) is 42.5 Å². The van der Waals surface area contributed by atoms with Crippen molar-refractivity contribution in [3.8, 4) is 0 Å². The van der Waals surface area contributed by atoms with Crippen molar-refractivity contribution in [3.63, 3.8) is 0 Å². The van der Waals surface area contributed by atoms with Gasteiger partial charge >= 0.3 is 0 Å². The predicted octanol–water partition coefficient (Wildman–Crippen LogP) is 2.42. The van der Waals surface area contributed by atoms with Crippen molar-refractivity contribution in [3.05, 3.63) is 48.6 Å². The summed E-state index contributed by atoms with van der Waals surface area (Å²) in [4.78, 5) is 0. The normalized spacial score (nSPS) is 31.1. The summed E-state index contributed by atoms with van der Waals surface area (Å²) < 4.78 is 0. The molecule has 1 rings (SSSR count). The van der Waals surface area contributed by atoms with Crippen molar-refractivity contribution in [1.82, 2.24) is 0 Å². The van der Waals surface area contributed by atoms with Gasteiger partial charge in [-0.3, -0.25) is 0 Å². The molecule has 0 heteroatoms. The summed E-state index contributed by atoms with van der Waals surface area (Å²) in [6.45, 7) is 0. The fourth-order valence-corrected chi connectivity index (χ4v) is 0.605. The summed E-state index contributed by atoms with van der Waals surface area (Å²) in [6.07, 6.45) is 18.0. The minimum absolute atomic E-state index is 1.02. The summed E-state index contributed by atoms with van der Waals surface area (Å²) in [7, 11) is 0. The van der Waals surface area contributed by atoms with Crippen LogP contribution >= 0.6 is 0 Å². The van der Waals surface area contributed by atoms with Crippen molar-refractivity contribution in [2.75, 3.05) is 0 Å². The van der Waals surface area contributed by atoms with Crippen LogP contribution in [0.5, 0.6) is 0 Å². The summed E-state index contributed by atoms with van der Waals surface area (Å²) in [5.74, 6) is 0. The number of allylic oxidation sites excluding steroid dienone is 8. The Morgan fingerprint density at radius 1 is 1.00 bits per heavy atom. The molecule has 0 bridgehead atoms. The van der Waals surface area contributed by atoms with Crippen LogP contribution in [0.25, 0.3) is 0 Å². The molecule has 9 heavy (non-hydrogen) atoms. The lowest BCUT2D eigenvalue weighted by Crippen LogP contribution is -1.53. The molecule has 1 aliphatic carbocycles. The number of hydrogen-bond acceptors (Lipinski definition) is 0. The van der Waals surface area contributed by atoms with Gasteiger partial charge in [0.05, 0.1) is 0 Å². The van der Waals surface area contributed by atoms with Gasteiger partial charge in [0.25, 0.3) is 0 Å². The Bertz CT molecular complexity index is 148. The van der Waals surface area contributed by atoms with Crippen LogP contribution in [0.4, 0.5) is 0 Å². The highest BCUT2D eigenvalue weighted by molar-refractivity contribution is 5.14. The molecule has 1 radical (unpaired) electrons. The molecule has 0 aromatic heterocycles. The first kappa shape index (κ1) is 6.09. The largest absolute Gasteiger partial charge is 0.0807 e. The average Bonchev–Trinajstić information content (AvgIpc) is 2.00. The molecule has 0 heterocycles. The van der Waals surface area contributed by atoms with Gasteiger partial charge in [0.2, 0.25) is 0 Å². The molecule has 0 unspecified atom stereocenters.